The average molecular weight is 115 g/mol. The zero-order valence-electron chi connectivity index (χ0n) is 5.72. The van der Waals surface area contributed by atoms with Crippen LogP contribution in [-0.2, 0) is 4.79 Å². The Balaban J connectivity index is 3.44. The molecule has 0 aromatic carbocycles. The molecule has 8 heavy (non-hydrogen) atoms. The van der Waals surface area contributed by atoms with E-state index in [0.29, 0.717) is 6.04 Å². The molecule has 1 amide bonds. The van der Waals surface area contributed by atoms with Crippen LogP contribution in [0.2, 0.25) is 0 Å². The molecule has 0 aromatic rings. The van der Waals surface area contributed by atoms with Crippen LogP contribution in [0.25, 0.3) is 0 Å². The molecule has 0 saturated heterocycles. The zero-order chi connectivity index (χ0) is 6.57. The van der Waals surface area contributed by atoms with E-state index < -0.39 is 0 Å². The second kappa shape index (κ2) is 3.47. The minimum atomic E-state index is 0.382. The van der Waals surface area contributed by atoms with Gasteiger partial charge in [-0.25, -0.2) is 0 Å². The molecule has 0 heterocycles. The van der Waals surface area contributed by atoms with Crippen LogP contribution in [0.5, 0.6) is 0 Å². The van der Waals surface area contributed by atoms with Crippen LogP contribution in [0.3, 0.4) is 0 Å². The minimum absolute atomic E-state index is 0.382. The van der Waals surface area contributed by atoms with E-state index in [1.807, 2.05) is 6.92 Å². The predicted octanol–water partition coefficient (Wildman–Crippen LogP) is 0.873. The highest BCUT2D eigenvalue weighted by Gasteiger charge is 2.00. The van der Waals surface area contributed by atoms with Gasteiger partial charge in [-0.05, 0) is 13.3 Å². The van der Waals surface area contributed by atoms with Crippen molar-refractivity contribution in [3.05, 3.63) is 0 Å². The summed E-state index contributed by atoms with van der Waals surface area (Å²) in [7, 11) is 1.79. The predicted molar refractivity (Wildman–Crippen MR) is 33.6 cm³/mol. The summed E-state index contributed by atoms with van der Waals surface area (Å²) in [6.45, 7) is 4.08. The third-order valence-corrected chi connectivity index (χ3v) is 1.45. The van der Waals surface area contributed by atoms with Crippen LogP contribution in [0.4, 0.5) is 0 Å². The lowest BCUT2D eigenvalue weighted by atomic mass is 10.2. The summed E-state index contributed by atoms with van der Waals surface area (Å²) in [6.07, 6.45) is 1.88. The Morgan fingerprint density at radius 3 is 2.38 bits per heavy atom. The van der Waals surface area contributed by atoms with Gasteiger partial charge >= 0.3 is 0 Å². The SMILES string of the molecule is CCC(C)N(C)C=O. The van der Waals surface area contributed by atoms with Crippen molar-refractivity contribution in [2.45, 2.75) is 26.3 Å². The van der Waals surface area contributed by atoms with Gasteiger partial charge in [0.25, 0.3) is 0 Å². The first-order chi connectivity index (χ1) is 3.72. The molecule has 0 aliphatic rings. The lowest BCUT2D eigenvalue weighted by molar-refractivity contribution is -0.118. The summed E-state index contributed by atoms with van der Waals surface area (Å²) < 4.78 is 0. The molecule has 0 saturated carbocycles. The van der Waals surface area contributed by atoms with Crippen molar-refractivity contribution in [1.82, 2.24) is 4.90 Å². The largest absolute Gasteiger partial charge is 0.346 e. The van der Waals surface area contributed by atoms with E-state index in [9.17, 15) is 4.79 Å². The zero-order valence-corrected chi connectivity index (χ0v) is 5.72. The van der Waals surface area contributed by atoms with E-state index in [0.717, 1.165) is 12.8 Å². The van der Waals surface area contributed by atoms with Crippen molar-refractivity contribution in [3.63, 3.8) is 0 Å². The molecule has 0 aliphatic heterocycles. The number of nitrogens with zero attached hydrogens (tertiary/aromatic N) is 1. The Hall–Kier alpha value is -0.530. The number of rotatable bonds is 3. The normalized spacial score (nSPS) is 12.9. The molecule has 2 nitrogen and oxygen atoms in total. The standard InChI is InChI=1S/C6H13NO/c1-4-6(2)7(3)5-8/h5-6H,4H2,1-3H3. The number of carbonyl (C=O) groups is 1. The van der Waals surface area contributed by atoms with Crippen LogP contribution < -0.4 is 0 Å². The molecule has 2 heteroatoms. The molecular weight excluding hydrogens is 102 g/mol. The molecule has 0 spiro atoms. The van der Waals surface area contributed by atoms with E-state index in [1.165, 1.54) is 0 Å². The van der Waals surface area contributed by atoms with Gasteiger partial charge in [-0.3, -0.25) is 4.79 Å². The summed E-state index contributed by atoms with van der Waals surface area (Å²) in [5, 5.41) is 0. The second-order valence-corrected chi connectivity index (χ2v) is 2.03. The molecule has 0 rings (SSSR count). The Kier molecular flexibility index (Phi) is 3.24. The smallest absolute Gasteiger partial charge is 0.209 e. The average Bonchev–Trinajstić information content (AvgIpc) is 1.84. The first-order valence-corrected chi connectivity index (χ1v) is 2.89. The number of hydrogen-bond acceptors (Lipinski definition) is 1. The van der Waals surface area contributed by atoms with Gasteiger partial charge in [0.2, 0.25) is 6.41 Å². The Morgan fingerprint density at radius 2 is 2.25 bits per heavy atom. The maximum Gasteiger partial charge on any atom is 0.209 e. The molecule has 0 fully saturated rings. The van der Waals surface area contributed by atoms with Gasteiger partial charge in [0.15, 0.2) is 0 Å². The van der Waals surface area contributed by atoms with E-state index in [2.05, 4.69) is 6.92 Å². The fraction of sp³-hybridized carbons (Fsp3) is 0.833. The van der Waals surface area contributed by atoms with Crippen LogP contribution >= 0.6 is 0 Å². The minimum Gasteiger partial charge on any atom is -0.346 e. The van der Waals surface area contributed by atoms with Crippen molar-refractivity contribution >= 4 is 6.41 Å². The van der Waals surface area contributed by atoms with Crippen LogP contribution in [0, 0.1) is 0 Å². The van der Waals surface area contributed by atoms with E-state index in [1.54, 1.807) is 11.9 Å². The van der Waals surface area contributed by atoms with Crippen molar-refractivity contribution in [2.24, 2.45) is 0 Å². The summed E-state index contributed by atoms with van der Waals surface area (Å²) in [4.78, 5) is 11.7. The fourth-order valence-corrected chi connectivity index (χ4v) is 0.392. The number of hydrogen-bond donors (Lipinski definition) is 0. The number of amides is 1. The molecular formula is C6H13NO. The third-order valence-electron chi connectivity index (χ3n) is 1.45. The number of carbonyl (C=O) groups excluding carboxylic acids is 1. The lowest BCUT2D eigenvalue weighted by Gasteiger charge is -2.17. The second-order valence-electron chi connectivity index (χ2n) is 2.03. The maximum atomic E-state index is 10.0. The molecule has 0 N–H and O–H groups in total. The van der Waals surface area contributed by atoms with Crippen molar-refractivity contribution in [1.29, 1.82) is 0 Å². The molecule has 48 valence electrons. The van der Waals surface area contributed by atoms with Crippen LogP contribution in [0.1, 0.15) is 20.3 Å². The Labute approximate surface area is 50.5 Å². The van der Waals surface area contributed by atoms with E-state index in [4.69, 9.17) is 0 Å². The van der Waals surface area contributed by atoms with Gasteiger partial charge < -0.3 is 4.90 Å². The Morgan fingerprint density at radius 1 is 1.75 bits per heavy atom. The molecule has 0 radical (unpaired) electrons. The van der Waals surface area contributed by atoms with Gasteiger partial charge in [-0.15, -0.1) is 0 Å². The molecule has 0 bridgehead atoms. The quantitative estimate of drug-likeness (QED) is 0.500. The van der Waals surface area contributed by atoms with Gasteiger partial charge in [-0.2, -0.15) is 0 Å². The van der Waals surface area contributed by atoms with E-state index in [-0.39, 0.29) is 0 Å². The van der Waals surface area contributed by atoms with Gasteiger partial charge in [0.05, 0.1) is 0 Å². The van der Waals surface area contributed by atoms with Crippen LogP contribution in [-0.4, -0.2) is 24.4 Å². The van der Waals surface area contributed by atoms with E-state index >= 15 is 0 Å². The molecule has 1 atom stereocenters. The highest BCUT2D eigenvalue weighted by atomic mass is 16.1. The van der Waals surface area contributed by atoms with Crippen LogP contribution in [0.15, 0.2) is 0 Å². The summed E-state index contributed by atoms with van der Waals surface area (Å²) in [5.74, 6) is 0. The summed E-state index contributed by atoms with van der Waals surface area (Å²) in [6, 6.07) is 0.382. The highest BCUT2D eigenvalue weighted by Crippen LogP contribution is 1.94. The lowest BCUT2D eigenvalue weighted by Crippen LogP contribution is -2.26. The van der Waals surface area contributed by atoms with Gasteiger partial charge in [-0.1, -0.05) is 6.92 Å². The Bertz CT molecular complexity index is 72.9. The summed E-state index contributed by atoms with van der Waals surface area (Å²) in [5.41, 5.74) is 0. The summed E-state index contributed by atoms with van der Waals surface area (Å²) >= 11 is 0. The highest BCUT2D eigenvalue weighted by molar-refractivity contribution is 5.46. The molecule has 0 aliphatic carbocycles. The van der Waals surface area contributed by atoms with Crippen molar-refractivity contribution in [3.8, 4) is 0 Å². The molecule has 1 unspecified atom stereocenters. The molecule has 0 aromatic heterocycles. The van der Waals surface area contributed by atoms with Crippen molar-refractivity contribution < 1.29 is 4.79 Å². The fourth-order valence-electron chi connectivity index (χ4n) is 0.392. The van der Waals surface area contributed by atoms with Gasteiger partial charge in [0.1, 0.15) is 0 Å². The van der Waals surface area contributed by atoms with Gasteiger partial charge in [0, 0.05) is 13.1 Å². The topological polar surface area (TPSA) is 20.3 Å². The first kappa shape index (κ1) is 7.47. The van der Waals surface area contributed by atoms with Crippen molar-refractivity contribution in [2.75, 3.05) is 7.05 Å². The monoisotopic (exact) mass is 115 g/mol. The third kappa shape index (κ3) is 1.96. The maximum absolute atomic E-state index is 10.0. The first-order valence-electron chi connectivity index (χ1n) is 2.89.